The van der Waals surface area contributed by atoms with E-state index in [9.17, 15) is 13.6 Å². The molecule has 1 aliphatic rings. The van der Waals surface area contributed by atoms with Crippen molar-refractivity contribution < 1.29 is 43.1 Å². The molecule has 15 heavy (non-hydrogen) atoms. The third kappa shape index (κ3) is 2.32. The van der Waals surface area contributed by atoms with E-state index in [2.05, 4.69) is 0 Å². The van der Waals surface area contributed by atoms with E-state index in [-0.39, 0.29) is 46.8 Å². The third-order valence-electron chi connectivity index (χ3n) is 2.32. The number of benzene rings is 1. The summed E-state index contributed by atoms with van der Waals surface area (Å²) in [5, 5.41) is 0. The van der Waals surface area contributed by atoms with Crippen LogP contribution in [-0.2, 0) is 22.3 Å². The number of hydrogen-bond donors (Lipinski definition) is 0. The van der Waals surface area contributed by atoms with Crippen molar-refractivity contribution in [1.29, 1.82) is 0 Å². The maximum Gasteiger partial charge on any atom is 1.00 e. The average molecular weight is 233 g/mol. The van der Waals surface area contributed by atoms with Gasteiger partial charge in [0.05, 0.1) is 6.42 Å². The van der Waals surface area contributed by atoms with Crippen molar-refractivity contribution in [2.24, 2.45) is 0 Å². The van der Waals surface area contributed by atoms with Crippen LogP contribution in [0.15, 0.2) is 23.1 Å². The molecule has 74 valence electrons. The number of amides is 1. The van der Waals surface area contributed by atoms with Crippen molar-refractivity contribution in [2.75, 3.05) is 11.9 Å². The van der Waals surface area contributed by atoms with E-state index < -0.39 is 11.1 Å². The summed E-state index contributed by atoms with van der Waals surface area (Å²) >= 11 is -2.22. The Morgan fingerprint density at radius 3 is 2.73 bits per heavy atom. The minimum atomic E-state index is -2.22. The second kappa shape index (κ2) is 4.76. The van der Waals surface area contributed by atoms with Gasteiger partial charge >= 0.3 is 29.6 Å². The predicted octanol–water partition coefficient (Wildman–Crippen LogP) is -2.55. The number of rotatable bonds is 1. The van der Waals surface area contributed by atoms with E-state index in [0.29, 0.717) is 0 Å². The average Bonchev–Trinajstić information content (AvgIpc) is 2.42. The molecule has 2 rings (SSSR count). The number of nitrogens with zero attached hydrogens (tertiary/aromatic N) is 1. The first-order valence-electron chi connectivity index (χ1n) is 4.08. The maximum absolute atomic E-state index is 11.3. The standard InChI is InChI=1S/C9H9NO3S.Na/c1-10-8-3-2-7(14(12)13)4-6(8)5-9(10)11;/h2-4H,5H2,1H3,(H,12,13);/q;+1/p-1. The number of likely N-dealkylation sites (N-methyl/N-ethyl adjacent to an activating group) is 1. The summed E-state index contributed by atoms with van der Waals surface area (Å²) < 4.78 is 21.3. The summed E-state index contributed by atoms with van der Waals surface area (Å²) in [6, 6.07) is 4.70. The summed E-state index contributed by atoms with van der Waals surface area (Å²) in [5.74, 6) is -0.00571. The van der Waals surface area contributed by atoms with Gasteiger partial charge in [0.15, 0.2) is 0 Å². The number of carbonyl (C=O) groups excluding carboxylic acids is 1. The van der Waals surface area contributed by atoms with Gasteiger partial charge in [0.2, 0.25) is 5.91 Å². The summed E-state index contributed by atoms with van der Waals surface area (Å²) in [5.41, 5.74) is 1.57. The monoisotopic (exact) mass is 233 g/mol. The SMILES string of the molecule is CN1C(=O)Cc2cc(S(=O)[O-])ccc21.[Na+]. The van der Waals surface area contributed by atoms with Crippen LogP contribution in [0.1, 0.15) is 5.56 Å². The van der Waals surface area contributed by atoms with Crippen LogP contribution in [0, 0.1) is 0 Å². The fourth-order valence-electron chi connectivity index (χ4n) is 1.55. The molecule has 1 aromatic carbocycles. The first kappa shape index (κ1) is 12.9. The van der Waals surface area contributed by atoms with Crippen molar-refractivity contribution in [3.05, 3.63) is 23.8 Å². The van der Waals surface area contributed by atoms with Crippen LogP contribution in [0.3, 0.4) is 0 Å². The van der Waals surface area contributed by atoms with Crippen LogP contribution in [0.4, 0.5) is 5.69 Å². The molecule has 0 fully saturated rings. The van der Waals surface area contributed by atoms with Crippen LogP contribution >= 0.6 is 0 Å². The summed E-state index contributed by atoms with van der Waals surface area (Å²) in [7, 11) is 1.68. The summed E-state index contributed by atoms with van der Waals surface area (Å²) in [6.45, 7) is 0. The molecule has 0 aliphatic carbocycles. The molecule has 1 aliphatic heterocycles. The predicted molar refractivity (Wildman–Crippen MR) is 50.7 cm³/mol. The molecule has 0 saturated heterocycles. The molecular formula is C9H8NNaO3S. The van der Waals surface area contributed by atoms with Gasteiger partial charge in [0.1, 0.15) is 0 Å². The molecule has 0 radical (unpaired) electrons. The minimum Gasteiger partial charge on any atom is -0.768 e. The minimum absolute atomic E-state index is 0. The molecule has 1 atom stereocenters. The molecule has 0 N–H and O–H groups in total. The van der Waals surface area contributed by atoms with Crippen LogP contribution in [0.2, 0.25) is 0 Å². The second-order valence-electron chi connectivity index (χ2n) is 3.15. The van der Waals surface area contributed by atoms with Gasteiger partial charge in [0, 0.05) is 17.6 Å². The summed E-state index contributed by atoms with van der Waals surface area (Å²) in [6.07, 6.45) is 0.289. The smallest absolute Gasteiger partial charge is 0.768 e. The Labute approximate surface area is 112 Å². The molecule has 1 aromatic rings. The normalized spacial score (nSPS) is 15.9. The van der Waals surface area contributed by atoms with Gasteiger partial charge < -0.3 is 9.45 Å². The Morgan fingerprint density at radius 1 is 1.47 bits per heavy atom. The van der Waals surface area contributed by atoms with Crippen molar-refractivity contribution in [3.63, 3.8) is 0 Å². The van der Waals surface area contributed by atoms with Crippen molar-refractivity contribution >= 4 is 22.7 Å². The molecule has 0 spiro atoms. The zero-order chi connectivity index (χ0) is 10.3. The Hall–Kier alpha value is -0.200. The second-order valence-corrected chi connectivity index (χ2v) is 4.10. The van der Waals surface area contributed by atoms with Gasteiger partial charge in [-0.25, -0.2) is 0 Å². The van der Waals surface area contributed by atoms with E-state index in [1.165, 1.54) is 11.0 Å². The van der Waals surface area contributed by atoms with E-state index in [4.69, 9.17) is 0 Å². The first-order valence-corrected chi connectivity index (χ1v) is 5.16. The van der Waals surface area contributed by atoms with Gasteiger partial charge in [-0.15, -0.1) is 0 Å². The Kier molecular flexibility index (Phi) is 4.08. The van der Waals surface area contributed by atoms with E-state index in [1.807, 2.05) is 0 Å². The van der Waals surface area contributed by atoms with Crippen molar-refractivity contribution in [3.8, 4) is 0 Å². The largest absolute Gasteiger partial charge is 1.00 e. The first-order chi connectivity index (χ1) is 6.59. The van der Waals surface area contributed by atoms with E-state index >= 15 is 0 Å². The molecule has 0 saturated carbocycles. The van der Waals surface area contributed by atoms with Gasteiger partial charge in [0.25, 0.3) is 0 Å². The molecule has 1 unspecified atom stereocenters. The van der Waals surface area contributed by atoms with Crippen molar-refractivity contribution in [1.82, 2.24) is 0 Å². The fraction of sp³-hybridized carbons (Fsp3) is 0.222. The van der Waals surface area contributed by atoms with Gasteiger partial charge in [-0.05, 0) is 34.8 Å². The zero-order valence-electron chi connectivity index (χ0n) is 8.52. The molecule has 0 bridgehead atoms. The fourth-order valence-corrected chi connectivity index (χ4v) is 1.97. The Morgan fingerprint density at radius 2 is 2.13 bits per heavy atom. The molecule has 4 nitrogen and oxygen atoms in total. The Balaban J connectivity index is 0.00000112. The third-order valence-corrected chi connectivity index (χ3v) is 2.96. The van der Waals surface area contributed by atoms with Gasteiger partial charge in [-0.2, -0.15) is 0 Å². The molecule has 0 aromatic heterocycles. The van der Waals surface area contributed by atoms with E-state index in [1.54, 1.807) is 19.2 Å². The van der Waals surface area contributed by atoms with Crippen LogP contribution < -0.4 is 34.5 Å². The summed E-state index contributed by atoms with van der Waals surface area (Å²) in [4.78, 5) is 13.0. The number of fused-ring (bicyclic) bond motifs is 1. The molecule has 6 heteroatoms. The van der Waals surface area contributed by atoms with Gasteiger partial charge in [-0.3, -0.25) is 9.00 Å². The Bertz CT molecular complexity index is 435. The number of carbonyl (C=O) groups is 1. The van der Waals surface area contributed by atoms with E-state index in [0.717, 1.165) is 11.3 Å². The number of hydrogen-bond acceptors (Lipinski definition) is 3. The maximum atomic E-state index is 11.3. The molecular weight excluding hydrogens is 225 g/mol. The molecule has 1 heterocycles. The van der Waals surface area contributed by atoms with Gasteiger partial charge in [-0.1, -0.05) is 0 Å². The quantitative estimate of drug-likeness (QED) is 0.396. The topological polar surface area (TPSA) is 60.4 Å². The van der Waals surface area contributed by atoms with Crippen LogP contribution in [0.25, 0.3) is 0 Å². The van der Waals surface area contributed by atoms with Crippen LogP contribution in [0.5, 0.6) is 0 Å². The number of anilines is 1. The zero-order valence-corrected chi connectivity index (χ0v) is 11.3. The molecule has 1 amide bonds. The van der Waals surface area contributed by atoms with Crippen LogP contribution in [-0.4, -0.2) is 21.7 Å². The van der Waals surface area contributed by atoms with Crippen molar-refractivity contribution in [2.45, 2.75) is 11.3 Å².